The van der Waals surface area contributed by atoms with Crippen LogP contribution >= 0.6 is 0 Å². The summed E-state index contributed by atoms with van der Waals surface area (Å²) in [4.78, 5) is 11.3. The number of hydrogen-bond donors (Lipinski definition) is 0. The maximum atomic E-state index is 11.3. The SMILES string of the molecule is CC(C)c1ccc2c(c1)CN=NC2=O. The Balaban J connectivity index is 2.47. The van der Waals surface area contributed by atoms with E-state index in [1.165, 1.54) is 5.56 Å². The minimum atomic E-state index is -0.221. The van der Waals surface area contributed by atoms with Crippen molar-refractivity contribution >= 4 is 5.91 Å². The molecule has 0 aliphatic carbocycles. The van der Waals surface area contributed by atoms with Crippen molar-refractivity contribution in [2.45, 2.75) is 26.3 Å². The molecule has 0 atom stereocenters. The molecule has 2 rings (SSSR count). The molecule has 1 aromatic carbocycles. The number of azo groups is 1. The second-order valence-electron chi connectivity index (χ2n) is 3.78. The summed E-state index contributed by atoms with van der Waals surface area (Å²) in [6.45, 7) is 4.80. The molecule has 3 nitrogen and oxygen atoms in total. The molecular formula is C11H12N2O. The van der Waals surface area contributed by atoms with Gasteiger partial charge in [0.05, 0.1) is 6.54 Å². The van der Waals surface area contributed by atoms with Crippen molar-refractivity contribution in [1.82, 2.24) is 0 Å². The van der Waals surface area contributed by atoms with E-state index >= 15 is 0 Å². The van der Waals surface area contributed by atoms with Crippen molar-refractivity contribution in [3.63, 3.8) is 0 Å². The van der Waals surface area contributed by atoms with Crippen molar-refractivity contribution in [2.24, 2.45) is 10.2 Å². The lowest BCUT2D eigenvalue weighted by molar-refractivity contribution is 0.0988. The van der Waals surface area contributed by atoms with E-state index in [1.807, 2.05) is 12.1 Å². The Bertz CT molecular complexity index is 408. The van der Waals surface area contributed by atoms with Gasteiger partial charge in [0.2, 0.25) is 0 Å². The van der Waals surface area contributed by atoms with Crippen LogP contribution in [0.15, 0.2) is 28.4 Å². The molecule has 0 N–H and O–H groups in total. The molecule has 0 aromatic heterocycles. The minimum absolute atomic E-state index is 0.221. The van der Waals surface area contributed by atoms with Crippen LogP contribution in [0.3, 0.4) is 0 Å². The number of amides is 1. The summed E-state index contributed by atoms with van der Waals surface area (Å²) in [5.74, 6) is 0.260. The summed E-state index contributed by atoms with van der Waals surface area (Å²) in [6.07, 6.45) is 0. The zero-order valence-electron chi connectivity index (χ0n) is 8.32. The molecule has 0 spiro atoms. The Labute approximate surface area is 82.9 Å². The van der Waals surface area contributed by atoms with E-state index in [2.05, 4.69) is 30.1 Å². The van der Waals surface area contributed by atoms with Gasteiger partial charge in [-0.3, -0.25) is 4.79 Å². The number of carbonyl (C=O) groups excluding carboxylic acids is 1. The number of nitrogens with zero attached hydrogens (tertiary/aromatic N) is 2. The zero-order chi connectivity index (χ0) is 10.1. The molecular weight excluding hydrogens is 176 g/mol. The lowest BCUT2D eigenvalue weighted by atomic mass is 9.96. The Morgan fingerprint density at radius 3 is 2.86 bits per heavy atom. The van der Waals surface area contributed by atoms with Crippen molar-refractivity contribution in [1.29, 1.82) is 0 Å². The molecule has 1 aromatic rings. The fourth-order valence-corrected chi connectivity index (χ4v) is 1.54. The Kier molecular flexibility index (Phi) is 2.15. The molecule has 0 bridgehead atoms. The van der Waals surface area contributed by atoms with Crippen LogP contribution in [0.4, 0.5) is 0 Å². The first-order valence-corrected chi connectivity index (χ1v) is 4.73. The van der Waals surface area contributed by atoms with Gasteiger partial charge >= 0.3 is 0 Å². The van der Waals surface area contributed by atoms with Gasteiger partial charge in [0.25, 0.3) is 5.91 Å². The van der Waals surface area contributed by atoms with Crippen LogP contribution in [-0.4, -0.2) is 5.91 Å². The Hall–Kier alpha value is -1.51. The Morgan fingerprint density at radius 1 is 1.36 bits per heavy atom. The fraction of sp³-hybridized carbons (Fsp3) is 0.364. The third-order valence-corrected chi connectivity index (χ3v) is 2.43. The Morgan fingerprint density at radius 2 is 2.14 bits per heavy atom. The van der Waals surface area contributed by atoms with E-state index in [9.17, 15) is 4.79 Å². The van der Waals surface area contributed by atoms with Crippen LogP contribution in [-0.2, 0) is 6.54 Å². The molecule has 0 fully saturated rings. The number of rotatable bonds is 1. The van der Waals surface area contributed by atoms with Crippen molar-refractivity contribution in [3.05, 3.63) is 34.9 Å². The third kappa shape index (κ3) is 1.45. The van der Waals surface area contributed by atoms with Gasteiger partial charge in [-0.05, 0) is 23.1 Å². The van der Waals surface area contributed by atoms with Crippen LogP contribution in [0.1, 0.15) is 41.3 Å². The van der Waals surface area contributed by atoms with E-state index in [0.717, 1.165) is 5.56 Å². The van der Waals surface area contributed by atoms with Crippen LogP contribution in [0, 0.1) is 0 Å². The summed E-state index contributed by atoms with van der Waals surface area (Å²) in [5, 5.41) is 7.31. The van der Waals surface area contributed by atoms with Gasteiger partial charge in [-0.2, -0.15) is 5.11 Å². The summed E-state index contributed by atoms with van der Waals surface area (Å²) >= 11 is 0. The molecule has 14 heavy (non-hydrogen) atoms. The van der Waals surface area contributed by atoms with E-state index in [0.29, 0.717) is 18.0 Å². The van der Waals surface area contributed by atoms with E-state index in [4.69, 9.17) is 0 Å². The highest BCUT2D eigenvalue weighted by molar-refractivity contribution is 5.96. The lowest BCUT2D eigenvalue weighted by Gasteiger charge is -2.12. The average molecular weight is 188 g/mol. The van der Waals surface area contributed by atoms with Crippen molar-refractivity contribution < 1.29 is 4.79 Å². The topological polar surface area (TPSA) is 41.8 Å². The highest BCUT2D eigenvalue weighted by atomic mass is 16.1. The van der Waals surface area contributed by atoms with Gasteiger partial charge in [0, 0.05) is 5.56 Å². The standard InChI is InChI=1S/C11H12N2O/c1-7(2)8-3-4-10-9(5-8)6-12-13-11(10)14/h3-5,7H,6H2,1-2H3. The first kappa shape index (κ1) is 9.06. The number of benzene rings is 1. The van der Waals surface area contributed by atoms with Crippen LogP contribution in [0.5, 0.6) is 0 Å². The largest absolute Gasteiger partial charge is 0.295 e. The third-order valence-electron chi connectivity index (χ3n) is 2.43. The zero-order valence-corrected chi connectivity index (χ0v) is 8.32. The maximum absolute atomic E-state index is 11.3. The summed E-state index contributed by atoms with van der Waals surface area (Å²) in [7, 11) is 0. The second kappa shape index (κ2) is 3.33. The summed E-state index contributed by atoms with van der Waals surface area (Å²) < 4.78 is 0. The molecule has 1 aliphatic rings. The molecule has 1 aliphatic heterocycles. The minimum Gasteiger partial charge on any atom is -0.265 e. The van der Waals surface area contributed by atoms with Crippen molar-refractivity contribution in [2.75, 3.05) is 0 Å². The fourth-order valence-electron chi connectivity index (χ4n) is 1.54. The smallest absolute Gasteiger partial charge is 0.265 e. The van der Waals surface area contributed by atoms with Crippen LogP contribution < -0.4 is 0 Å². The van der Waals surface area contributed by atoms with Crippen LogP contribution in [0.25, 0.3) is 0 Å². The molecule has 1 amide bonds. The molecule has 72 valence electrons. The second-order valence-corrected chi connectivity index (χ2v) is 3.78. The van der Waals surface area contributed by atoms with Gasteiger partial charge in [0.15, 0.2) is 0 Å². The highest BCUT2D eigenvalue weighted by Gasteiger charge is 2.15. The maximum Gasteiger partial charge on any atom is 0.295 e. The van der Waals surface area contributed by atoms with E-state index < -0.39 is 0 Å². The first-order valence-electron chi connectivity index (χ1n) is 4.73. The average Bonchev–Trinajstić information content (AvgIpc) is 2.17. The lowest BCUT2D eigenvalue weighted by Crippen LogP contribution is -2.05. The molecule has 0 unspecified atom stereocenters. The summed E-state index contributed by atoms with van der Waals surface area (Å²) in [5.41, 5.74) is 2.94. The van der Waals surface area contributed by atoms with Gasteiger partial charge in [-0.1, -0.05) is 26.0 Å². The first-order chi connectivity index (χ1) is 6.68. The van der Waals surface area contributed by atoms with Gasteiger partial charge in [0.1, 0.15) is 0 Å². The quantitative estimate of drug-likeness (QED) is 0.668. The predicted molar refractivity (Wildman–Crippen MR) is 53.4 cm³/mol. The molecule has 0 saturated heterocycles. The molecule has 0 saturated carbocycles. The number of carbonyl (C=O) groups is 1. The molecule has 3 heteroatoms. The molecule has 1 heterocycles. The normalized spacial score (nSPS) is 14.6. The van der Waals surface area contributed by atoms with Gasteiger partial charge < -0.3 is 0 Å². The molecule has 0 radical (unpaired) electrons. The van der Waals surface area contributed by atoms with E-state index in [-0.39, 0.29) is 5.91 Å². The monoisotopic (exact) mass is 188 g/mol. The number of fused-ring (bicyclic) bond motifs is 1. The summed E-state index contributed by atoms with van der Waals surface area (Å²) in [6, 6.07) is 5.89. The van der Waals surface area contributed by atoms with Gasteiger partial charge in [-0.15, -0.1) is 5.11 Å². The van der Waals surface area contributed by atoms with Crippen LogP contribution in [0.2, 0.25) is 0 Å². The number of hydrogen-bond acceptors (Lipinski definition) is 2. The van der Waals surface area contributed by atoms with E-state index in [1.54, 1.807) is 0 Å². The highest BCUT2D eigenvalue weighted by Crippen LogP contribution is 2.22. The van der Waals surface area contributed by atoms with Crippen molar-refractivity contribution in [3.8, 4) is 0 Å². The predicted octanol–water partition coefficient (Wildman–Crippen LogP) is 2.92. The van der Waals surface area contributed by atoms with Gasteiger partial charge in [-0.25, -0.2) is 0 Å².